The van der Waals surface area contributed by atoms with E-state index in [1.54, 1.807) is 0 Å². The van der Waals surface area contributed by atoms with Crippen molar-refractivity contribution >= 4 is 48.8 Å². The lowest BCUT2D eigenvalue weighted by molar-refractivity contribution is 0.0953. The van der Waals surface area contributed by atoms with Gasteiger partial charge in [0.25, 0.3) is 5.91 Å². The van der Waals surface area contributed by atoms with E-state index in [4.69, 9.17) is 4.98 Å². The molecule has 164 valence electrons. The highest BCUT2D eigenvalue weighted by Gasteiger charge is 2.11. The Bertz CT molecular complexity index is 1200. The molecule has 1 amide bonds. The number of carbonyl (C=O) groups is 1. The lowest BCUT2D eigenvalue weighted by Crippen LogP contribution is -2.24. The monoisotopic (exact) mass is 553 g/mol. The Kier molecular flexibility index (Phi) is 7.76. The summed E-state index contributed by atoms with van der Waals surface area (Å²) in [5.74, 6) is 1.10. The van der Waals surface area contributed by atoms with Crippen LogP contribution in [0.2, 0.25) is 0 Å². The fourth-order valence-electron chi connectivity index (χ4n) is 3.80. The van der Waals surface area contributed by atoms with Crippen molar-refractivity contribution in [3.63, 3.8) is 0 Å². The first-order chi connectivity index (χ1) is 15.6. The number of aromatic nitrogens is 2. The van der Waals surface area contributed by atoms with Gasteiger partial charge >= 0.3 is 0 Å². The molecule has 0 atom stereocenters. The molecule has 0 saturated carbocycles. The summed E-state index contributed by atoms with van der Waals surface area (Å²) in [6.45, 7) is 1.49. The summed E-state index contributed by atoms with van der Waals surface area (Å²) in [4.78, 5) is 17.1. The number of amides is 1. The van der Waals surface area contributed by atoms with Gasteiger partial charge in [-0.15, -0.1) is 0 Å². The molecule has 0 bridgehead atoms. The molecule has 0 unspecified atom stereocenters. The van der Waals surface area contributed by atoms with Crippen LogP contribution in [0.25, 0.3) is 11.0 Å². The van der Waals surface area contributed by atoms with Crippen molar-refractivity contribution in [2.24, 2.45) is 0 Å². The number of aryl methyl sites for hydroxylation is 1. The zero-order valence-corrected chi connectivity index (χ0v) is 20.9. The highest BCUT2D eigenvalue weighted by molar-refractivity contribution is 9.10. The first-order valence-corrected chi connectivity index (χ1v) is 12.4. The number of rotatable bonds is 9. The summed E-state index contributed by atoms with van der Waals surface area (Å²) in [5, 5.41) is 3.01. The van der Waals surface area contributed by atoms with Crippen molar-refractivity contribution in [2.45, 2.75) is 32.2 Å². The number of benzene rings is 3. The van der Waals surface area contributed by atoms with Gasteiger partial charge in [0.15, 0.2) is 0 Å². The number of nitrogens with one attached hydrogen (secondary N) is 1. The Hall–Kier alpha value is -2.44. The summed E-state index contributed by atoms with van der Waals surface area (Å²) in [6.07, 6.45) is 3.95. The minimum atomic E-state index is -0.0201. The smallest absolute Gasteiger partial charge is 0.251 e. The van der Waals surface area contributed by atoms with Crippen LogP contribution in [0, 0.1) is 0 Å². The second-order valence-corrected chi connectivity index (χ2v) is 9.64. The van der Waals surface area contributed by atoms with E-state index in [9.17, 15) is 4.79 Å². The molecule has 6 heteroatoms. The van der Waals surface area contributed by atoms with E-state index in [2.05, 4.69) is 78.1 Å². The van der Waals surface area contributed by atoms with Crippen LogP contribution in [0.3, 0.4) is 0 Å². The lowest BCUT2D eigenvalue weighted by Gasteiger charge is -2.10. The van der Waals surface area contributed by atoms with Crippen LogP contribution < -0.4 is 5.32 Å². The van der Waals surface area contributed by atoms with Crippen LogP contribution in [-0.2, 0) is 13.0 Å². The first-order valence-electron chi connectivity index (χ1n) is 10.8. The molecule has 0 saturated heterocycles. The number of imidazole rings is 1. The van der Waals surface area contributed by atoms with Crippen molar-refractivity contribution in [3.05, 3.63) is 98.7 Å². The van der Waals surface area contributed by atoms with Gasteiger partial charge in [-0.25, -0.2) is 4.98 Å². The second-order valence-electron chi connectivity index (χ2n) is 7.81. The molecule has 0 fully saturated rings. The summed E-state index contributed by atoms with van der Waals surface area (Å²) in [7, 11) is 0. The SMILES string of the molecule is O=C(NCCCCCc1nc2ccccc2n1Cc1cccc(Br)c1)c1ccc(Br)cc1. The van der Waals surface area contributed by atoms with Crippen LogP contribution in [0.1, 0.15) is 41.0 Å². The molecule has 4 rings (SSSR count). The number of nitrogens with zero attached hydrogens (tertiary/aromatic N) is 2. The molecule has 1 heterocycles. The van der Waals surface area contributed by atoms with E-state index >= 15 is 0 Å². The third-order valence-corrected chi connectivity index (χ3v) is 6.45. The van der Waals surface area contributed by atoms with Crippen molar-refractivity contribution in [2.75, 3.05) is 6.54 Å². The number of halogens is 2. The van der Waals surface area contributed by atoms with Crippen LogP contribution in [0.15, 0.2) is 81.7 Å². The van der Waals surface area contributed by atoms with E-state index in [1.807, 2.05) is 36.4 Å². The summed E-state index contributed by atoms with van der Waals surface area (Å²) in [6, 6.07) is 24.2. The average molecular weight is 555 g/mol. The van der Waals surface area contributed by atoms with Gasteiger partial charge in [-0.3, -0.25) is 4.79 Å². The molecule has 1 aromatic heterocycles. The number of para-hydroxylation sites is 2. The van der Waals surface area contributed by atoms with Crippen LogP contribution >= 0.6 is 31.9 Å². The van der Waals surface area contributed by atoms with Crippen LogP contribution in [-0.4, -0.2) is 22.0 Å². The van der Waals surface area contributed by atoms with E-state index in [0.29, 0.717) is 12.1 Å². The highest BCUT2D eigenvalue weighted by Crippen LogP contribution is 2.21. The molecule has 0 aliphatic heterocycles. The van der Waals surface area contributed by atoms with Gasteiger partial charge < -0.3 is 9.88 Å². The van der Waals surface area contributed by atoms with Crippen molar-refractivity contribution in [1.29, 1.82) is 0 Å². The van der Waals surface area contributed by atoms with Gasteiger partial charge in [0.2, 0.25) is 0 Å². The van der Waals surface area contributed by atoms with Crippen molar-refractivity contribution in [1.82, 2.24) is 14.9 Å². The van der Waals surface area contributed by atoms with Gasteiger partial charge in [-0.2, -0.15) is 0 Å². The molecule has 1 N–H and O–H groups in total. The third-order valence-electron chi connectivity index (χ3n) is 5.43. The zero-order chi connectivity index (χ0) is 22.3. The second kappa shape index (κ2) is 10.9. The van der Waals surface area contributed by atoms with Crippen LogP contribution in [0.4, 0.5) is 0 Å². The molecule has 0 spiro atoms. The number of carbonyl (C=O) groups excluding carboxylic acids is 1. The quantitative estimate of drug-likeness (QED) is 0.232. The molecule has 3 aromatic carbocycles. The summed E-state index contributed by atoms with van der Waals surface area (Å²) >= 11 is 6.96. The van der Waals surface area contributed by atoms with E-state index in [0.717, 1.165) is 52.5 Å². The molecule has 0 aliphatic rings. The van der Waals surface area contributed by atoms with Gasteiger partial charge in [-0.05, 0) is 66.9 Å². The Morgan fingerprint density at radius 2 is 1.69 bits per heavy atom. The number of hydrogen-bond donors (Lipinski definition) is 1. The predicted molar refractivity (Wildman–Crippen MR) is 137 cm³/mol. The Balaban J connectivity index is 1.32. The predicted octanol–water partition coefficient (Wildman–Crippen LogP) is 6.75. The Morgan fingerprint density at radius 1 is 0.875 bits per heavy atom. The number of fused-ring (bicyclic) bond motifs is 1. The molecule has 32 heavy (non-hydrogen) atoms. The van der Waals surface area contributed by atoms with Crippen LogP contribution in [0.5, 0.6) is 0 Å². The lowest BCUT2D eigenvalue weighted by atomic mass is 10.1. The van der Waals surface area contributed by atoms with Crippen molar-refractivity contribution in [3.8, 4) is 0 Å². The Morgan fingerprint density at radius 3 is 2.50 bits per heavy atom. The molecule has 4 aromatic rings. The standard InChI is InChI=1S/C26H25Br2N3O/c27-21-14-12-20(13-15-21)26(32)29-16-5-1-2-11-25-30-23-9-3-4-10-24(23)31(25)18-19-7-6-8-22(28)17-19/h3-4,6-10,12-15,17H,1-2,5,11,16,18H2,(H,29,32). The minimum Gasteiger partial charge on any atom is -0.352 e. The summed E-state index contributed by atoms with van der Waals surface area (Å²) < 4.78 is 4.39. The van der Waals surface area contributed by atoms with Gasteiger partial charge in [0.1, 0.15) is 5.82 Å². The average Bonchev–Trinajstić information content (AvgIpc) is 3.14. The minimum absolute atomic E-state index is 0.0201. The highest BCUT2D eigenvalue weighted by atomic mass is 79.9. The normalized spacial score (nSPS) is 11.1. The maximum Gasteiger partial charge on any atom is 0.251 e. The van der Waals surface area contributed by atoms with Gasteiger partial charge in [0.05, 0.1) is 11.0 Å². The summed E-state index contributed by atoms with van der Waals surface area (Å²) in [5.41, 5.74) is 4.15. The van der Waals surface area contributed by atoms with E-state index < -0.39 is 0 Å². The Labute approximate surface area is 205 Å². The molecule has 0 radical (unpaired) electrons. The largest absolute Gasteiger partial charge is 0.352 e. The fourth-order valence-corrected chi connectivity index (χ4v) is 4.51. The zero-order valence-electron chi connectivity index (χ0n) is 17.7. The topological polar surface area (TPSA) is 46.9 Å². The first kappa shape index (κ1) is 22.7. The third kappa shape index (κ3) is 5.87. The number of unbranched alkanes of at least 4 members (excludes halogenated alkanes) is 2. The van der Waals surface area contributed by atoms with E-state index in [-0.39, 0.29) is 5.91 Å². The molecular formula is C26H25Br2N3O. The fraction of sp³-hybridized carbons (Fsp3) is 0.231. The number of hydrogen-bond acceptors (Lipinski definition) is 2. The molecule has 4 nitrogen and oxygen atoms in total. The molecular weight excluding hydrogens is 530 g/mol. The van der Waals surface area contributed by atoms with Crippen molar-refractivity contribution < 1.29 is 4.79 Å². The maximum atomic E-state index is 12.2. The maximum absolute atomic E-state index is 12.2. The molecule has 0 aliphatic carbocycles. The van der Waals surface area contributed by atoms with Gasteiger partial charge in [0, 0.05) is 34.0 Å². The van der Waals surface area contributed by atoms with E-state index in [1.165, 1.54) is 11.1 Å². The van der Waals surface area contributed by atoms with Gasteiger partial charge in [-0.1, -0.05) is 62.5 Å².